The molecule has 1 saturated heterocycles. The van der Waals surface area contributed by atoms with E-state index in [0.717, 1.165) is 17.7 Å². The van der Waals surface area contributed by atoms with Crippen LogP contribution in [0.25, 0.3) is 11.4 Å². The van der Waals surface area contributed by atoms with Crippen LogP contribution in [0.3, 0.4) is 0 Å². The first-order chi connectivity index (χ1) is 14.5. The Morgan fingerprint density at radius 1 is 1.23 bits per heavy atom. The average Bonchev–Trinajstić information content (AvgIpc) is 3.44. The van der Waals surface area contributed by atoms with E-state index < -0.39 is 4.92 Å². The Hall–Kier alpha value is -3.95. The number of rotatable bonds is 5. The second kappa shape index (κ2) is 8.19. The highest BCUT2D eigenvalue weighted by Crippen LogP contribution is 2.33. The molecule has 3 aromatic rings. The summed E-state index contributed by atoms with van der Waals surface area (Å²) in [4.78, 5) is 29.1. The molecule has 1 aliphatic rings. The minimum absolute atomic E-state index is 0.0380. The van der Waals surface area contributed by atoms with Gasteiger partial charge in [-0.3, -0.25) is 10.1 Å². The summed E-state index contributed by atoms with van der Waals surface area (Å²) in [6, 6.07) is 12.3. The molecule has 2 amide bonds. The van der Waals surface area contributed by atoms with Gasteiger partial charge in [-0.2, -0.15) is 4.98 Å². The van der Waals surface area contributed by atoms with Gasteiger partial charge in [-0.25, -0.2) is 4.79 Å². The number of nitro groups is 1. The third-order valence-corrected chi connectivity index (χ3v) is 4.92. The number of ether oxygens (including phenoxy) is 1. The summed E-state index contributed by atoms with van der Waals surface area (Å²) >= 11 is 0. The first-order valence-electron chi connectivity index (χ1n) is 9.35. The van der Waals surface area contributed by atoms with Gasteiger partial charge in [0.2, 0.25) is 11.7 Å². The quantitative estimate of drug-likeness (QED) is 0.498. The van der Waals surface area contributed by atoms with Crippen molar-refractivity contribution in [2.45, 2.75) is 18.9 Å². The van der Waals surface area contributed by atoms with Crippen LogP contribution in [0, 0.1) is 10.1 Å². The fraction of sp³-hybridized carbons (Fsp3) is 0.250. The number of nitrogens with zero attached hydrogens (tertiary/aromatic N) is 4. The maximum Gasteiger partial charge on any atom is 0.322 e. The standard InChI is InChI=1S/C20H19N5O5/c1-29-16-10-4-13(5-11-16)18-22-19(30-23-18)17-3-2-12-24(17)20(26)21-14-6-8-15(9-7-14)25(27)28/h4-11,17H,2-3,12H2,1H3,(H,21,26). The largest absolute Gasteiger partial charge is 0.497 e. The number of likely N-dealkylation sites (tertiary alicyclic amines) is 1. The van der Waals surface area contributed by atoms with Crippen LogP contribution in [0.4, 0.5) is 16.2 Å². The molecule has 1 aromatic heterocycles. The number of hydrogen-bond donors (Lipinski definition) is 1. The van der Waals surface area contributed by atoms with Crippen molar-refractivity contribution >= 4 is 17.4 Å². The van der Waals surface area contributed by atoms with Gasteiger partial charge in [0.1, 0.15) is 11.8 Å². The number of benzene rings is 2. The molecule has 1 unspecified atom stereocenters. The summed E-state index contributed by atoms with van der Waals surface area (Å²) < 4.78 is 10.6. The summed E-state index contributed by atoms with van der Waals surface area (Å²) in [5.74, 6) is 1.54. The Labute approximate surface area is 171 Å². The van der Waals surface area contributed by atoms with E-state index in [2.05, 4.69) is 15.5 Å². The number of nitrogens with one attached hydrogen (secondary N) is 1. The van der Waals surface area contributed by atoms with Crippen LogP contribution in [0.5, 0.6) is 5.75 Å². The number of methoxy groups -OCH3 is 1. The van der Waals surface area contributed by atoms with E-state index >= 15 is 0 Å². The van der Waals surface area contributed by atoms with Crippen LogP contribution < -0.4 is 10.1 Å². The van der Waals surface area contributed by atoms with Gasteiger partial charge in [-0.15, -0.1) is 0 Å². The van der Waals surface area contributed by atoms with Gasteiger partial charge in [0.25, 0.3) is 5.69 Å². The van der Waals surface area contributed by atoms with Crippen LogP contribution in [0.2, 0.25) is 0 Å². The fourth-order valence-electron chi connectivity index (χ4n) is 3.36. The van der Waals surface area contributed by atoms with E-state index in [1.807, 2.05) is 24.3 Å². The molecule has 4 rings (SSSR count). The second-order valence-electron chi connectivity index (χ2n) is 6.77. The fourth-order valence-corrected chi connectivity index (χ4v) is 3.36. The number of urea groups is 1. The van der Waals surface area contributed by atoms with Crippen molar-refractivity contribution in [2.75, 3.05) is 19.0 Å². The van der Waals surface area contributed by atoms with Crippen molar-refractivity contribution in [3.63, 3.8) is 0 Å². The van der Waals surface area contributed by atoms with Crippen LogP contribution >= 0.6 is 0 Å². The monoisotopic (exact) mass is 409 g/mol. The molecule has 2 aromatic carbocycles. The number of aromatic nitrogens is 2. The molecule has 2 heterocycles. The minimum Gasteiger partial charge on any atom is -0.497 e. The van der Waals surface area contributed by atoms with Crippen LogP contribution in [-0.2, 0) is 0 Å². The summed E-state index contributed by atoms with van der Waals surface area (Å²) in [6.45, 7) is 0.545. The molecule has 1 fully saturated rings. The van der Waals surface area contributed by atoms with Crippen LogP contribution in [0.1, 0.15) is 24.8 Å². The Morgan fingerprint density at radius 3 is 2.63 bits per heavy atom. The predicted octanol–water partition coefficient (Wildman–Crippen LogP) is 4.02. The van der Waals surface area contributed by atoms with Crippen molar-refractivity contribution in [2.24, 2.45) is 0 Å². The molecule has 0 bridgehead atoms. The van der Waals surface area contributed by atoms with E-state index in [9.17, 15) is 14.9 Å². The maximum atomic E-state index is 12.7. The number of non-ortho nitro benzene ring substituents is 1. The number of nitro benzene ring substituents is 1. The highest BCUT2D eigenvalue weighted by molar-refractivity contribution is 5.89. The lowest BCUT2D eigenvalue weighted by Gasteiger charge is -2.22. The second-order valence-corrected chi connectivity index (χ2v) is 6.77. The van der Waals surface area contributed by atoms with Gasteiger partial charge in [-0.05, 0) is 49.2 Å². The Kier molecular flexibility index (Phi) is 5.29. The molecular formula is C20H19N5O5. The highest BCUT2D eigenvalue weighted by atomic mass is 16.6. The molecule has 30 heavy (non-hydrogen) atoms. The SMILES string of the molecule is COc1ccc(-c2noc(C3CCCN3C(=O)Nc3ccc([N+](=O)[O-])cc3)n2)cc1. The van der Waals surface area contributed by atoms with Crippen molar-refractivity contribution in [3.8, 4) is 17.1 Å². The molecule has 1 aliphatic heterocycles. The molecule has 1 atom stereocenters. The van der Waals surface area contributed by atoms with Gasteiger partial charge in [-0.1, -0.05) is 5.16 Å². The molecule has 154 valence electrons. The van der Waals surface area contributed by atoms with Crippen molar-refractivity contribution < 1.29 is 19.0 Å². The number of carbonyl (C=O) groups excluding carboxylic acids is 1. The zero-order chi connectivity index (χ0) is 21.1. The maximum absolute atomic E-state index is 12.7. The number of amides is 2. The molecule has 0 radical (unpaired) electrons. The van der Waals surface area contributed by atoms with Crippen molar-refractivity contribution in [3.05, 3.63) is 64.5 Å². The summed E-state index contributed by atoms with van der Waals surface area (Å²) in [5.41, 5.74) is 1.22. The van der Waals surface area contributed by atoms with Gasteiger partial charge in [0.15, 0.2) is 0 Å². The molecule has 10 heteroatoms. The van der Waals surface area contributed by atoms with E-state index in [0.29, 0.717) is 30.4 Å². The first-order valence-corrected chi connectivity index (χ1v) is 9.35. The molecule has 0 aliphatic carbocycles. The van der Waals surface area contributed by atoms with Gasteiger partial charge in [0, 0.05) is 29.9 Å². The Morgan fingerprint density at radius 2 is 1.97 bits per heavy atom. The third-order valence-electron chi connectivity index (χ3n) is 4.92. The lowest BCUT2D eigenvalue weighted by atomic mass is 10.2. The van der Waals surface area contributed by atoms with Crippen molar-refractivity contribution in [1.82, 2.24) is 15.0 Å². The summed E-state index contributed by atoms with van der Waals surface area (Å²) in [5, 5.41) is 17.6. The smallest absolute Gasteiger partial charge is 0.322 e. The molecule has 1 N–H and O–H groups in total. The van der Waals surface area contributed by atoms with Gasteiger partial charge >= 0.3 is 6.03 Å². The Balaban J connectivity index is 1.47. The van der Waals surface area contributed by atoms with Gasteiger partial charge < -0.3 is 19.5 Å². The van der Waals surface area contributed by atoms with E-state index in [1.165, 1.54) is 24.3 Å². The summed E-state index contributed by atoms with van der Waals surface area (Å²) in [7, 11) is 1.60. The Bertz CT molecular complexity index is 1050. The zero-order valence-electron chi connectivity index (χ0n) is 16.1. The van der Waals surface area contributed by atoms with E-state index in [1.54, 1.807) is 12.0 Å². The normalized spacial score (nSPS) is 15.8. The first kappa shape index (κ1) is 19.4. The number of carbonyl (C=O) groups is 1. The van der Waals surface area contributed by atoms with E-state index in [-0.39, 0.29) is 17.8 Å². The lowest BCUT2D eigenvalue weighted by molar-refractivity contribution is -0.384. The van der Waals surface area contributed by atoms with E-state index in [4.69, 9.17) is 9.26 Å². The van der Waals surface area contributed by atoms with Crippen LogP contribution in [-0.4, -0.2) is 39.6 Å². The van der Waals surface area contributed by atoms with Crippen molar-refractivity contribution in [1.29, 1.82) is 0 Å². The van der Waals surface area contributed by atoms with Gasteiger partial charge in [0.05, 0.1) is 12.0 Å². The third kappa shape index (κ3) is 3.93. The average molecular weight is 409 g/mol. The predicted molar refractivity (Wildman–Crippen MR) is 107 cm³/mol. The lowest BCUT2D eigenvalue weighted by Crippen LogP contribution is -2.34. The molecule has 0 spiro atoms. The number of anilines is 1. The highest BCUT2D eigenvalue weighted by Gasteiger charge is 2.34. The molecular weight excluding hydrogens is 390 g/mol. The topological polar surface area (TPSA) is 124 Å². The molecule has 0 saturated carbocycles. The van der Waals surface area contributed by atoms with Crippen LogP contribution in [0.15, 0.2) is 53.1 Å². The number of hydrogen-bond acceptors (Lipinski definition) is 7. The minimum atomic E-state index is -0.488. The summed E-state index contributed by atoms with van der Waals surface area (Å²) in [6.07, 6.45) is 1.51. The zero-order valence-corrected chi connectivity index (χ0v) is 16.1. The molecule has 10 nitrogen and oxygen atoms in total.